The van der Waals surface area contributed by atoms with Gasteiger partial charge in [-0.25, -0.2) is 0 Å². The minimum Gasteiger partial charge on any atom is -0.497 e. The molecule has 1 amide bonds. The molecule has 0 aliphatic rings. The third kappa shape index (κ3) is 6.46. The Morgan fingerprint density at radius 2 is 1.95 bits per heavy atom. The van der Waals surface area contributed by atoms with Gasteiger partial charge in [0.1, 0.15) is 5.75 Å². The minimum absolute atomic E-state index is 0.0384. The fraction of sp³-hybridized carbons (Fsp3) is 0.533. The van der Waals surface area contributed by atoms with Crippen LogP contribution in [0.5, 0.6) is 5.75 Å². The molecular formula is C15H26N4O2. The number of carbonyl (C=O) groups excluding carboxylic acids is 1. The van der Waals surface area contributed by atoms with Crippen LogP contribution in [-0.2, 0) is 4.79 Å². The van der Waals surface area contributed by atoms with Crippen LogP contribution in [0.2, 0.25) is 0 Å². The van der Waals surface area contributed by atoms with Crippen molar-refractivity contribution in [2.24, 2.45) is 0 Å². The zero-order valence-corrected chi connectivity index (χ0v) is 13.3. The molecule has 6 heteroatoms. The SMILES string of the molecule is COc1ccc(NC(=O)CCN(C)CCN(C)C)c(N)c1. The number of nitrogens with one attached hydrogen (secondary N) is 1. The van der Waals surface area contributed by atoms with Gasteiger partial charge in [0.25, 0.3) is 0 Å². The molecule has 0 saturated heterocycles. The van der Waals surface area contributed by atoms with Gasteiger partial charge < -0.3 is 25.6 Å². The summed E-state index contributed by atoms with van der Waals surface area (Å²) in [6.07, 6.45) is 0.440. The number of nitrogens with two attached hydrogens (primary N) is 1. The van der Waals surface area contributed by atoms with Crippen LogP contribution in [-0.4, -0.2) is 63.6 Å². The topological polar surface area (TPSA) is 70.8 Å². The zero-order valence-electron chi connectivity index (χ0n) is 13.3. The number of carbonyl (C=O) groups is 1. The Morgan fingerprint density at radius 1 is 1.24 bits per heavy atom. The van der Waals surface area contributed by atoms with Gasteiger partial charge in [0, 0.05) is 32.1 Å². The number of nitrogens with zero attached hydrogens (tertiary/aromatic N) is 2. The molecule has 118 valence electrons. The lowest BCUT2D eigenvalue weighted by molar-refractivity contribution is -0.116. The van der Waals surface area contributed by atoms with E-state index in [1.807, 2.05) is 21.1 Å². The number of nitrogen functional groups attached to an aromatic ring is 1. The van der Waals surface area contributed by atoms with Crippen LogP contribution < -0.4 is 15.8 Å². The van der Waals surface area contributed by atoms with Crippen molar-refractivity contribution >= 4 is 17.3 Å². The van der Waals surface area contributed by atoms with Gasteiger partial charge in [-0.2, -0.15) is 0 Å². The predicted octanol–water partition coefficient (Wildman–Crippen LogP) is 1.10. The second kappa shape index (κ2) is 8.49. The van der Waals surface area contributed by atoms with E-state index in [9.17, 15) is 4.79 Å². The van der Waals surface area contributed by atoms with Gasteiger partial charge in [-0.3, -0.25) is 4.79 Å². The number of benzene rings is 1. The Bertz CT molecular complexity index is 463. The molecular weight excluding hydrogens is 268 g/mol. The lowest BCUT2D eigenvalue weighted by atomic mass is 10.2. The normalized spacial score (nSPS) is 11.0. The van der Waals surface area contributed by atoms with Crippen LogP contribution in [0.3, 0.4) is 0 Å². The first-order valence-electron chi connectivity index (χ1n) is 6.99. The summed E-state index contributed by atoms with van der Waals surface area (Å²) in [4.78, 5) is 16.2. The summed E-state index contributed by atoms with van der Waals surface area (Å²) in [6.45, 7) is 2.63. The quantitative estimate of drug-likeness (QED) is 0.703. The second-order valence-electron chi connectivity index (χ2n) is 5.36. The number of anilines is 2. The van der Waals surface area contributed by atoms with Crippen molar-refractivity contribution in [1.29, 1.82) is 0 Å². The predicted molar refractivity (Wildman–Crippen MR) is 86.7 cm³/mol. The maximum absolute atomic E-state index is 11.9. The Hall–Kier alpha value is -1.79. The Morgan fingerprint density at radius 3 is 2.52 bits per heavy atom. The fourth-order valence-corrected chi connectivity index (χ4v) is 1.77. The van der Waals surface area contributed by atoms with E-state index in [1.54, 1.807) is 25.3 Å². The first kappa shape index (κ1) is 17.3. The molecule has 1 rings (SSSR count). The largest absolute Gasteiger partial charge is 0.497 e. The second-order valence-corrected chi connectivity index (χ2v) is 5.36. The van der Waals surface area contributed by atoms with E-state index in [0.717, 1.165) is 19.6 Å². The monoisotopic (exact) mass is 294 g/mol. The van der Waals surface area contributed by atoms with E-state index < -0.39 is 0 Å². The van der Waals surface area contributed by atoms with Gasteiger partial charge in [-0.15, -0.1) is 0 Å². The summed E-state index contributed by atoms with van der Waals surface area (Å²) in [5.41, 5.74) is 7.00. The molecule has 0 spiro atoms. The third-order valence-electron chi connectivity index (χ3n) is 3.18. The van der Waals surface area contributed by atoms with Crippen molar-refractivity contribution in [3.8, 4) is 5.75 Å². The fourth-order valence-electron chi connectivity index (χ4n) is 1.77. The molecule has 0 radical (unpaired) electrons. The maximum atomic E-state index is 11.9. The maximum Gasteiger partial charge on any atom is 0.225 e. The van der Waals surface area contributed by atoms with E-state index in [0.29, 0.717) is 23.5 Å². The number of ether oxygens (including phenoxy) is 1. The van der Waals surface area contributed by atoms with Crippen LogP contribution in [0.25, 0.3) is 0 Å². The molecule has 1 aromatic carbocycles. The van der Waals surface area contributed by atoms with Gasteiger partial charge in [-0.1, -0.05) is 0 Å². The summed E-state index contributed by atoms with van der Waals surface area (Å²) in [5.74, 6) is 0.637. The van der Waals surface area contributed by atoms with Crippen LogP contribution in [0.1, 0.15) is 6.42 Å². The molecule has 0 heterocycles. The highest BCUT2D eigenvalue weighted by molar-refractivity contribution is 5.94. The van der Waals surface area contributed by atoms with Gasteiger partial charge in [0.05, 0.1) is 18.5 Å². The first-order valence-corrected chi connectivity index (χ1v) is 6.99. The number of rotatable bonds is 8. The van der Waals surface area contributed by atoms with Crippen molar-refractivity contribution in [1.82, 2.24) is 9.80 Å². The molecule has 1 aromatic rings. The van der Waals surface area contributed by atoms with Crippen LogP contribution in [0, 0.1) is 0 Å². The van der Waals surface area contributed by atoms with Crippen molar-refractivity contribution in [2.45, 2.75) is 6.42 Å². The number of amides is 1. The molecule has 0 bridgehead atoms. The highest BCUT2D eigenvalue weighted by Crippen LogP contribution is 2.24. The average molecular weight is 294 g/mol. The minimum atomic E-state index is -0.0384. The van der Waals surface area contributed by atoms with Gasteiger partial charge >= 0.3 is 0 Å². The van der Waals surface area contributed by atoms with E-state index >= 15 is 0 Å². The Kier molecular flexibility index (Phi) is 6.98. The number of hydrogen-bond donors (Lipinski definition) is 2. The molecule has 0 aromatic heterocycles. The van der Waals surface area contributed by atoms with Crippen LogP contribution >= 0.6 is 0 Å². The molecule has 21 heavy (non-hydrogen) atoms. The van der Waals surface area contributed by atoms with Crippen molar-refractivity contribution in [2.75, 3.05) is 58.9 Å². The summed E-state index contributed by atoms with van der Waals surface area (Å²) in [5, 5.41) is 2.83. The lowest BCUT2D eigenvalue weighted by Gasteiger charge is -2.19. The molecule has 0 aliphatic heterocycles. The highest BCUT2D eigenvalue weighted by atomic mass is 16.5. The molecule has 0 unspecified atom stereocenters. The van der Waals surface area contributed by atoms with E-state index in [-0.39, 0.29) is 5.91 Å². The van der Waals surface area contributed by atoms with E-state index in [4.69, 9.17) is 10.5 Å². The third-order valence-corrected chi connectivity index (χ3v) is 3.18. The van der Waals surface area contributed by atoms with Gasteiger partial charge in [0.2, 0.25) is 5.91 Å². The van der Waals surface area contributed by atoms with Crippen molar-refractivity contribution < 1.29 is 9.53 Å². The van der Waals surface area contributed by atoms with E-state index in [2.05, 4.69) is 15.1 Å². The molecule has 0 atom stereocenters. The number of likely N-dealkylation sites (N-methyl/N-ethyl adjacent to an activating group) is 2. The smallest absolute Gasteiger partial charge is 0.225 e. The Labute approximate surface area is 126 Å². The lowest BCUT2D eigenvalue weighted by Crippen LogP contribution is -2.31. The van der Waals surface area contributed by atoms with Crippen molar-refractivity contribution in [3.63, 3.8) is 0 Å². The van der Waals surface area contributed by atoms with E-state index in [1.165, 1.54) is 0 Å². The molecule has 6 nitrogen and oxygen atoms in total. The number of hydrogen-bond acceptors (Lipinski definition) is 5. The van der Waals surface area contributed by atoms with Crippen LogP contribution in [0.15, 0.2) is 18.2 Å². The number of methoxy groups -OCH3 is 1. The summed E-state index contributed by atoms with van der Waals surface area (Å²) >= 11 is 0. The van der Waals surface area contributed by atoms with Gasteiger partial charge in [-0.05, 0) is 33.3 Å². The zero-order chi connectivity index (χ0) is 15.8. The summed E-state index contributed by atoms with van der Waals surface area (Å²) < 4.78 is 5.08. The molecule has 0 fully saturated rings. The molecule has 0 aliphatic carbocycles. The molecule has 0 saturated carbocycles. The summed E-state index contributed by atoms with van der Waals surface area (Å²) in [6, 6.07) is 5.22. The van der Waals surface area contributed by atoms with Gasteiger partial charge in [0.15, 0.2) is 0 Å². The summed E-state index contributed by atoms with van der Waals surface area (Å²) in [7, 11) is 7.66. The first-order chi connectivity index (χ1) is 9.92. The molecule has 3 N–H and O–H groups in total. The standard InChI is InChI=1S/C15H26N4O2/c1-18(2)9-10-19(3)8-7-15(20)17-14-6-5-12(21-4)11-13(14)16/h5-6,11H,7-10,16H2,1-4H3,(H,17,20). The Balaban J connectivity index is 2.40. The van der Waals surface area contributed by atoms with Crippen molar-refractivity contribution in [3.05, 3.63) is 18.2 Å². The average Bonchev–Trinajstić information content (AvgIpc) is 2.45. The highest BCUT2D eigenvalue weighted by Gasteiger charge is 2.08. The van der Waals surface area contributed by atoms with Crippen LogP contribution in [0.4, 0.5) is 11.4 Å².